The summed E-state index contributed by atoms with van der Waals surface area (Å²) in [5, 5.41) is 3.36. The van der Waals surface area contributed by atoms with Crippen molar-refractivity contribution in [1.82, 2.24) is 0 Å². The second-order valence-corrected chi connectivity index (χ2v) is 4.60. The van der Waals surface area contributed by atoms with Crippen LogP contribution in [0.1, 0.15) is 11.1 Å². The number of rotatable bonds is 5. The Labute approximate surface area is 119 Å². The molecule has 0 aliphatic rings. The van der Waals surface area contributed by atoms with E-state index < -0.39 is 0 Å². The maximum Gasteiger partial charge on any atom is 0.127 e. The zero-order valence-electron chi connectivity index (χ0n) is 12.1. The number of anilines is 2. The minimum atomic E-state index is 0.677. The Bertz CT molecular complexity index is 597. The third-order valence-corrected chi connectivity index (χ3v) is 3.25. The maximum atomic E-state index is 5.81. The molecule has 0 aliphatic carbocycles. The van der Waals surface area contributed by atoms with E-state index >= 15 is 0 Å². The molecule has 2 rings (SSSR count). The molecule has 0 aromatic heterocycles. The fourth-order valence-electron chi connectivity index (χ4n) is 1.98. The van der Waals surface area contributed by atoms with Crippen molar-refractivity contribution in [2.45, 2.75) is 13.5 Å². The lowest BCUT2D eigenvalue weighted by Gasteiger charge is -2.12. The van der Waals surface area contributed by atoms with Crippen LogP contribution in [0.15, 0.2) is 36.4 Å². The summed E-state index contributed by atoms with van der Waals surface area (Å²) in [6.07, 6.45) is 0. The second-order valence-electron chi connectivity index (χ2n) is 4.60. The van der Waals surface area contributed by atoms with Gasteiger partial charge < -0.3 is 20.5 Å². The van der Waals surface area contributed by atoms with Crippen molar-refractivity contribution in [3.05, 3.63) is 47.5 Å². The number of ether oxygens (including phenoxy) is 2. The van der Waals surface area contributed by atoms with Crippen molar-refractivity contribution in [3.8, 4) is 11.5 Å². The zero-order chi connectivity index (χ0) is 14.5. The van der Waals surface area contributed by atoms with Crippen molar-refractivity contribution >= 4 is 11.4 Å². The van der Waals surface area contributed by atoms with Gasteiger partial charge in [-0.15, -0.1) is 0 Å². The predicted molar refractivity (Wildman–Crippen MR) is 82.5 cm³/mol. The summed E-state index contributed by atoms with van der Waals surface area (Å²) in [6.45, 7) is 2.67. The topological polar surface area (TPSA) is 56.5 Å². The molecule has 0 fully saturated rings. The molecule has 0 amide bonds. The van der Waals surface area contributed by atoms with Gasteiger partial charge in [0.05, 0.1) is 14.2 Å². The van der Waals surface area contributed by atoms with Crippen LogP contribution in [0.4, 0.5) is 11.4 Å². The van der Waals surface area contributed by atoms with E-state index in [4.69, 9.17) is 15.2 Å². The normalized spacial score (nSPS) is 10.2. The summed E-state index contributed by atoms with van der Waals surface area (Å²) in [6, 6.07) is 11.7. The Kier molecular flexibility index (Phi) is 4.35. The van der Waals surface area contributed by atoms with Gasteiger partial charge in [-0.2, -0.15) is 0 Å². The van der Waals surface area contributed by atoms with E-state index in [1.54, 1.807) is 14.2 Å². The minimum Gasteiger partial charge on any atom is -0.497 e. The first-order valence-corrected chi connectivity index (χ1v) is 6.45. The van der Waals surface area contributed by atoms with E-state index in [2.05, 4.69) is 5.32 Å². The van der Waals surface area contributed by atoms with E-state index in [9.17, 15) is 0 Å². The SMILES string of the molecule is COc1ccc(CNc2ccc(N)c(C)c2)c(OC)c1. The summed E-state index contributed by atoms with van der Waals surface area (Å²) >= 11 is 0. The maximum absolute atomic E-state index is 5.81. The van der Waals surface area contributed by atoms with Gasteiger partial charge in [0.1, 0.15) is 11.5 Å². The molecule has 2 aromatic rings. The van der Waals surface area contributed by atoms with Gasteiger partial charge >= 0.3 is 0 Å². The molecule has 20 heavy (non-hydrogen) atoms. The highest BCUT2D eigenvalue weighted by Crippen LogP contribution is 2.25. The van der Waals surface area contributed by atoms with Crippen LogP contribution in [0, 0.1) is 6.92 Å². The number of benzene rings is 2. The molecule has 0 spiro atoms. The molecule has 3 N–H and O–H groups in total. The highest BCUT2D eigenvalue weighted by Gasteiger charge is 2.05. The summed E-state index contributed by atoms with van der Waals surface area (Å²) in [4.78, 5) is 0. The fraction of sp³-hybridized carbons (Fsp3) is 0.250. The zero-order valence-corrected chi connectivity index (χ0v) is 12.1. The molecule has 0 unspecified atom stereocenters. The van der Waals surface area contributed by atoms with Crippen LogP contribution < -0.4 is 20.5 Å². The lowest BCUT2D eigenvalue weighted by molar-refractivity contribution is 0.391. The molecule has 0 saturated carbocycles. The molecule has 2 aromatic carbocycles. The van der Waals surface area contributed by atoms with E-state index in [1.807, 2.05) is 43.3 Å². The van der Waals surface area contributed by atoms with Crippen molar-refractivity contribution in [1.29, 1.82) is 0 Å². The standard InChI is InChI=1S/C16H20N2O2/c1-11-8-13(5-7-15(11)17)18-10-12-4-6-14(19-2)9-16(12)20-3/h4-9,18H,10,17H2,1-3H3. The molecule has 0 saturated heterocycles. The van der Waals surface area contributed by atoms with Crippen molar-refractivity contribution in [2.75, 3.05) is 25.3 Å². The van der Waals surface area contributed by atoms with Crippen molar-refractivity contribution in [2.24, 2.45) is 0 Å². The van der Waals surface area contributed by atoms with Crippen molar-refractivity contribution < 1.29 is 9.47 Å². The number of aryl methyl sites for hydroxylation is 1. The Balaban J connectivity index is 2.12. The largest absolute Gasteiger partial charge is 0.497 e. The van der Waals surface area contributed by atoms with Gasteiger partial charge in [0.2, 0.25) is 0 Å². The van der Waals surface area contributed by atoms with Gasteiger partial charge in [-0.3, -0.25) is 0 Å². The van der Waals surface area contributed by atoms with Gasteiger partial charge in [-0.05, 0) is 42.8 Å². The first kappa shape index (κ1) is 14.1. The Morgan fingerprint density at radius 2 is 1.85 bits per heavy atom. The fourth-order valence-corrected chi connectivity index (χ4v) is 1.98. The van der Waals surface area contributed by atoms with E-state index in [-0.39, 0.29) is 0 Å². The molecule has 0 atom stereocenters. The number of hydrogen-bond acceptors (Lipinski definition) is 4. The van der Waals surface area contributed by atoms with E-state index in [0.29, 0.717) is 6.54 Å². The highest BCUT2D eigenvalue weighted by molar-refractivity contribution is 5.57. The molecular weight excluding hydrogens is 252 g/mol. The number of nitrogens with two attached hydrogens (primary N) is 1. The van der Waals surface area contributed by atoms with Crippen LogP contribution in [-0.2, 0) is 6.54 Å². The number of methoxy groups -OCH3 is 2. The highest BCUT2D eigenvalue weighted by atomic mass is 16.5. The summed E-state index contributed by atoms with van der Waals surface area (Å²) < 4.78 is 10.6. The number of hydrogen-bond donors (Lipinski definition) is 2. The van der Waals surface area contributed by atoms with Crippen molar-refractivity contribution in [3.63, 3.8) is 0 Å². The Morgan fingerprint density at radius 3 is 2.50 bits per heavy atom. The van der Waals surface area contributed by atoms with Crippen LogP contribution >= 0.6 is 0 Å². The summed E-state index contributed by atoms with van der Waals surface area (Å²) in [7, 11) is 3.30. The Hall–Kier alpha value is -2.36. The van der Waals surface area contributed by atoms with Gasteiger partial charge in [-0.25, -0.2) is 0 Å². The van der Waals surface area contributed by atoms with Crippen LogP contribution in [0.5, 0.6) is 11.5 Å². The molecule has 106 valence electrons. The Morgan fingerprint density at radius 1 is 1.05 bits per heavy atom. The average Bonchev–Trinajstić information content (AvgIpc) is 2.48. The second kappa shape index (κ2) is 6.19. The minimum absolute atomic E-state index is 0.677. The molecule has 4 heteroatoms. The number of nitrogens with one attached hydrogen (secondary N) is 1. The van der Waals surface area contributed by atoms with Gasteiger partial charge in [-0.1, -0.05) is 0 Å². The van der Waals surface area contributed by atoms with Gasteiger partial charge in [0.15, 0.2) is 0 Å². The molecule has 4 nitrogen and oxygen atoms in total. The summed E-state index contributed by atoms with van der Waals surface area (Å²) in [5.41, 5.74) is 9.79. The first-order chi connectivity index (χ1) is 9.63. The summed E-state index contributed by atoms with van der Waals surface area (Å²) in [5.74, 6) is 1.60. The molecular formula is C16H20N2O2. The smallest absolute Gasteiger partial charge is 0.127 e. The average molecular weight is 272 g/mol. The van der Waals surface area contributed by atoms with Gasteiger partial charge in [0, 0.05) is 29.5 Å². The lowest BCUT2D eigenvalue weighted by atomic mass is 10.1. The third-order valence-electron chi connectivity index (χ3n) is 3.25. The quantitative estimate of drug-likeness (QED) is 0.821. The van der Waals surface area contributed by atoms with Crippen LogP contribution in [0.2, 0.25) is 0 Å². The van der Waals surface area contributed by atoms with E-state index in [0.717, 1.165) is 34.0 Å². The molecule has 0 radical (unpaired) electrons. The predicted octanol–water partition coefficient (Wildman–Crippen LogP) is 3.21. The van der Waals surface area contributed by atoms with Crippen LogP contribution in [0.25, 0.3) is 0 Å². The van der Waals surface area contributed by atoms with Gasteiger partial charge in [0.25, 0.3) is 0 Å². The number of nitrogen functional groups attached to an aromatic ring is 1. The lowest BCUT2D eigenvalue weighted by Crippen LogP contribution is -2.02. The molecule has 0 heterocycles. The monoisotopic (exact) mass is 272 g/mol. The van der Waals surface area contributed by atoms with Crippen LogP contribution in [-0.4, -0.2) is 14.2 Å². The molecule has 0 bridgehead atoms. The van der Waals surface area contributed by atoms with Crippen LogP contribution in [0.3, 0.4) is 0 Å². The third kappa shape index (κ3) is 3.15. The van der Waals surface area contributed by atoms with E-state index in [1.165, 1.54) is 0 Å². The molecule has 0 aliphatic heterocycles. The first-order valence-electron chi connectivity index (χ1n) is 6.45.